The summed E-state index contributed by atoms with van der Waals surface area (Å²) in [6.45, 7) is 6.67. The predicted molar refractivity (Wildman–Crippen MR) is 159 cm³/mol. The molecular weight excluding hydrogens is 588 g/mol. The summed E-state index contributed by atoms with van der Waals surface area (Å²) in [6.07, 6.45) is 3.84. The molecule has 45 heavy (non-hydrogen) atoms. The lowest BCUT2D eigenvalue weighted by Gasteiger charge is -2.46. The van der Waals surface area contributed by atoms with E-state index < -0.39 is 17.6 Å². The topological polar surface area (TPSA) is 86.3 Å². The van der Waals surface area contributed by atoms with E-state index in [1.54, 1.807) is 6.07 Å². The number of carboxylic acids is 1. The standard InChI is InChI=1S/C33H43FN2O2.C2HF3O2/c1-22-15-27-17-23(2)38-21-33(31(27)29(34)16-22)20-35-19-28(33)32(37)36-14-13-26(24-9-5-3-6-10-24)18-30(36)25-11-7-4-8-12-25;3-2(4,5)1(6)7/h3,5-6,9-10,15-16,23,25-26,28,30,35H,4,7-8,11-14,17-21H2,1-2H3;(H,6,7)/t23-,26+,28-,30-,33-;/m0./s1. The number of rotatable bonds is 3. The molecule has 10 heteroatoms. The quantitative estimate of drug-likeness (QED) is 0.515. The molecule has 2 saturated heterocycles. The van der Waals surface area contributed by atoms with Crippen LogP contribution < -0.4 is 10.4 Å². The molecule has 0 aromatic heterocycles. The van der Waals surface area contributed by atoms with E-state index in [0.29, 0.717) is 38.0 Å². The van der Waals surface area contributed by atoms with E-state index in [9.17, 15) is 18.0 Å². The molecule has 1 saturated carbocycles. The second-order valence-electron chi connectivity index (χ2n) is 13.5. The molecule has 1 amide bonds. The second kappa shape index (κ2) is 13.8. The monoisotopic (exact) mass is 632 g/mol. The molecular formula is C35H44F4N2O4. The van der Waals surface area contributed by atoms with Crippen molar-refractivity contribution in [3.63, 3.8) is 0 Å². The van der Waals surface area contributed by atoms with Gasteiger partial charge in [-0.3, -0.25) is 4.79 Å². The number of alkyl halides is 3. The van der Waals surface area contributed by atoms with E-state index in [1.165, 1.54) is 37.7 Å². The fourth-order valence-electron chi connectivity index (χ4n) is 8.38. The van der Waals surface area contributed by atoms with Crippen LogP contribution in [-0.4, -0.2) is 61.3 Å². The largest absolute Gasteiger partial charge is 0.542 e. The van der Waals surface area contributed by atoms with Crippen molar-refractivity contribution in [1.82, 2.24) is 4.90 Å². The number of likely N-dealkylation sites (tertiary alicyclic amines) is 1. The number of ether oxygens (including phenoxy) is 1. The van der Waals surface area contributed by atoms with Gasteiger partial charge >= 0.3 is 6.18 Å². The highest BCUT2D eigenvalue weighted by atomic mass is 19.4. The van der Waals surface area contributed by atoms with Crippen LogP contribution in [0.15, 0.2) is 42.5 Å². The molecule has 6 nitrogen and oxygen atoms in total. The van der Waals surface area contributed by atoms with E-state index in [0.717, 1.165) is 36.1 Å². The number of nitrogens with two attached hydrogens (primary N) is 1. The van der Waals surface area contributed by atoms with Crippen molar-refractivity contribution in [1.29, 1.82) is 0 Å². The van der Waals surface area contributed by atoms with Crippen LogP contribution in [0.1, 0.15) is 80.0 Å². The molecule has 5 atom stereocenters. The molecule has 2 N–H and O–H groups in total. The third-order valence-electron chi connectivity index (χ3n) is 10.4. The number of hydrogen-bond donors (Lipinski definition) is 1. The molecule has 6 rings (SSSR count). The van der Waals surface area contributed by atoms with Crippen LogP contribution in [0, 0.1) is 24.6 Å². The fraction of sp³-hybridized carbons (Fsp3) is 0.600. The molecule has 4 aliphatic rings. The Morgan fingerprint density at radius 2 is 1.76 bits per heavy atom. The van der Waals surface area contributed by atoms with Gasteiger partial charge in [-0.2, -0.15) is 13.2 Å². The number of quaternary nitrogens is 1. The van der Waals surface area contributed by atoms with Crippen molar-refractivity contribution in [2.75, 3.05) is 26.2 Å². The third-order valence-corrected chi connectivity index (χ3v) is 10.4. The Labute approximate surface area is 262 Å². The molecule has 3 aliphatic heterocycles. The van der Waals surface area contributed by atoms with E-state index in [2.05, 4.69) is 53.5 Å². The SMILES string of the molecule is Cc1cc(F)c2c(c1)C[C@H](C)OC[C@]21C[NH2+]C[C@H]1C(=O)N1CC[C@@H](c2ccccc2)C[C@H]1C1CCCCC1.O=C([O-])C(F)(F)F. The average molecular weight is 633 g/mol. The van der Waals surface area contributed by atoms with Gasteiger partial charge in [0.25, 0.3) is 0 Å². The van der Waals surface area contributed by atoms with Crippen LogP contribution in [0.3, 0.4) is 0 Å². The van der Waals surface area contributed by atoms with Crippen LogP contribution >= 0.6 is 0 Å². The van der Waals surface area contributed by atoms with Crippen LogP contribution in [0.25, 0.3) is 0 Å². The highest BCUT2D eigenvalue weighted by Gasteiger charge is 2.57. The zero-order valence-electron chi connectivity index (χ0n) is 26.1. The Morgan fingerprint density at radius 1 is 1.07 bits per heavy atom. The van der Waals surface area contributed by atoms with E-state index >= 15 is 4.39 Å². The number of nitrogens with zero attached hydrogens (tertiary/aromatic N) is 1. The minimum absolute atomic E-state index is 0.0160. The number of benzene rings is 2. The Bertz CT molecular complexity index is 1350. The molecule has 3 fully saturated rings. The highest BCUT2D eigenvalue weighted by Crippen LogP contribution is 2.45. The number of hydrogen-bond acceptors (Lipinski definition) is 4. The van der Waals surface area contributed by atoms with Crippen molar-refractivity contribution < 1.29 is 42.3 Å². The number of carbonyl (C=O) groups excluding carboxylic acids is 2. The number of carbonyl (C=O) groups is 2. The molecule has 246 valence electrons. The molecule has 0 radical (unpaired) electrons. The average Bonchev–Trinajstić information content (AvgIpc) is 3.37. The van der Waals surface area contributed by atoms with Crippen molar-refractivity contribution in [3.05, 3.63) is 70.5 Å². The molecule has 2 aromatic rings. The zero-order valence-corrected chi connectivity index (χ0v) is 26.1. The highest BCUT2D eigenvalue weighted by molar-refractivity contribution is 5.82. The maximum atomic E-state index is 15.8. The van der Waals surface area contributed by atoms with Crippen molar-refractivity contribution in [2.24, 2.45) is 11.8 Å². The summed E-state index contributed by atoms with van der Waals surface area (Å²) in [5.74, 6) is -2.12. The Morgan fingerprint density at radius 3 is 2.42 bits per heavy atom. The summed E-state index contributed by atoms with van der Waals surface area (Å²) in [7, 11) is 0. The molecule has 0 unspecified atom stereocenters. The lowest BCUT2D eigenvalue weighted by molar-refractivity contribution is -0.640. The fourth-order valence-corrected chi connectivity index (χ4v) is 8.38. The maximum Gasteiger partial charge on any atom is 0.430 e. The minimum atomic E-state index is -5.19. The summed E-state index contributed by atoms with van der Waals surface area (Å²) in [5, 5.41) is 11.0. The smallest absolute Gasteiger partial charge is 0.430 e. The lowest BCUT2D eigenvalue weighted by atomic mass is 9.69. The molecule has 0 bridgehead atoms. The molecule has 1 spiro atoms. The first-order valence-electron chi connectivity index (χ1n) is 16.3. The number of halogens is 4. The third kappa shape index (κ3) is 7.22. The number of aryl methyl sites for hydroxylation is 1. The van der Waals surface area contributed by atoms with E-state index in [-0.39, 0.29) is 29.8 Å². The van der Waals surface area contributed by atoms with Gasteiger partial charge in [-0.05, 0) is 80.5 Å². The number of amides is 1. The predicted octanol–water partition coefficient (Wildman–Crippen LogP) is 4.18. The zero-order chi connectivity index (χ0) is 32.4. The Hall–Kier alpha value is -2.98. The van der Waals surface area contributed by atoms with Gasteiger partial charge in [-0.1, -0.05) is 55.7 Å². The Kier molecular flexibility index (Phi) is 10.2. The summed E-state index contributed by atoms with van der Waals surface area (Å²) in [5.41, 5.74) is 3.53. The van der Waals surface area contributed by atoms with Crippen molar-refractivity contribution in [3.8, 4) is 0 Å². The summed E-state index contributed by atoms with van der Waals surface area (Å²) >= 11 is 0. The normalized spacial score (nSPS) is 29.0. The van der Waals surface area contributed by atoms with E-state index in [4.69, 9.17) is 14.6 Å². The Balaban J connectivity index is 0.000000515. The van der Waals surface area contributed by atoms with E-state index in [1.807, 2.05) is 6.92 Å². The van der Waals surface area contributed by atoms with Gasteiger partial charge in [0.1, 0.15) is 17.7 Å². The maximum absolute atomic E-state index is 15.8. The molecule has 1 aliphatic carbocycles. The van der Waals surface area contributed by atoms with Crippen molar-refractivity contribution in [2.45, 2.75) is 94.9 Å². The van der Waals surface area contributed by atoms with Crippen LogP contribution in [0.4, 0.5) is 17.6 Å². The first-order chi connectivity index (χ1) is 21.4. The summed E-state index contributed by atoms with van der Waals surface area (Å²) in [4.78, 5) is 25.7. The van der Waals surface area contributed by atoms with Gasteiger partial charge in [0.2, 0.25) is 5.91 Å². The number of piperidine rings is 1. The summed E-state index contributed by atoms with van der Waals surface area (Å²) in [6, 6.07) is 14.9. The first kappa shape index (κ1) is 33.4. The van der Waals surface area contributed by atoms with Crippen molar-refractivity contribution >= 4 is 11.9 Å². The van der Waals surface area contributed by atoms with Gasteiger partial charge in [-0.25, -0.2) is 4.39 Å². The first-order valence-corrected chi connectivity index (χ1v) is 16.3. The number of carboxylic acid groups (broad SMARTS) is 1. The van der Waals surface area contributed by atoms with Gasteiger partial charge < -0.3 is 24.9 Å². The van der Waals surface area contributed by atoms with Crippen LogP contribution in [0.5, 0.6) is 0 Å². The molecule has 3 heterocycles. The van der Waals surface area contributed by atoms with Gasteiger partial charge in [-0.15, -0.1) is 0 Å². The number of fused-ring (bicyclic) bond motifs is 2. The minimum Gasteiger partial charge on any atom is -0.542 e. The van der Waals surface area contributed by atoms with Gasteiger partial charge in [0, 0.05) is 18.2 Å². The second-order valence-corrected chi connectivity index (χ2v) is 13.5. The summed E-state index contributed by atoms with van der Waals surface area (Å²) < 4.78 is 53.7. The van der Waals surface area contributed by atoms with Gasteiger partial charge in [0.05, 0.1) is 31.2 Å². The van der Waals surface area contributed by atoms with Crippen LogP contribution in [-0.2, 0) is 26.2 Å². The lowest BCUT2D eigenvalue weighted by Crippen LogP contribution is -2.82. The van der Waals surface area contributed by atoms with Gasteiger partial charge in [0.15, 0.2) is 0 Å². The molecule has 2 aromatic carbocycles. The van der Waals surface area contributed by atoms with Crippen LogP contribution in [0.2, 0.25) is 0 Å². The number of aliphatic carboxylic acids is 1.